The van der Waals surface area contributed by atoms with Crippen LogP contribution in [0.5, 0.6) is 0 Å². The lowest BCUT2D eigenvalue weighted by atomic mass is 10.1. The number of hydrogen-bond donors (Lipinski definition) is 2. The molecule has 1 amide bonds. The normalized spacial score (nSPS) is 16.1. The van der Waals surface area contributed by atoms with Gasteiger partial charge < -0.3 is 10.6 Å². The van der Waals surface area contributed by atoms with Gasteiger partial charge in [-0.2, -0.15) is 4.31 Å². The zero-order valence-corrected chi connectivity index (χ0v) is 17.1. The van der Waals surface area contributed by atoms with Crippen LogP contribution in [0.1, 0.15) is 34.3 Å². The molecule has 7 heteroatoms. The van der Waals surface area contributed by atoms with Crippen LogP contribution in [-0.2, 0) is 16.6 Å². The van der Waals surface area contributed by atoms with Crippen LogP contribution >= 0.6 is 0 Å². The molecule has 0 unspecified atom stereocenters. The van der Waals surface area contributed by atoms with Crippen molar-refractivity contribution in [2.24, 2.45) is 0 Å². The van der Waals surface area contributed by atoms with Crippen molar-refractivity contribution in [1.29, 1.82) is 0 Å². The maximum absolute atomic E-state index is 12.8. The van der Waals surface area contributed by atoms with E-state index >= 15 is 0 Å². The average molecular weight is 402 g/mol. The molecule has 0 aliphatic carbocycles. The van der Waals surface area contributed by atoms with Gasteiger partial charge in [-0.05, 0) is 49.6 Å². The molecule has 0 spiro atoms. The lowest BCUT2D eigenvalue weighted by Gasteiger charge is -2.31. The number of carbonyl (C=O) groups is 1. The highest BCUT2D eigenvalue weighted by Gasteiger charge is 2.29. The second kappa shape index (κ2) is 8.86. The quantitative estimate of drug-likeness (QED) is 0.779. The zero-order chi connectivity index (χ0) is 20.1. The van der Waals surface area contributed by atoms with Crippen molar-refractivity contribution in [3.63, 3.8) is 0 Å². The molecule has 0 radical (unpaired) electrons. The van der Waals surface area contributed by atoms with Crippen molar-refractivity contribution in [1.82, 2.24) is 14.9 Å². The molecule has 2 aromatic carbocycles. The molecule has 6 nitrogen and oxygen atoms in total. The van der Waals surface area contributed by atoms with E-state index < -0.39 is 10.0 Å². The Kier molecular flexibility index (Phi) is 6.49. The first-order chi connectivity index (χ1) is 13.4. The SMILES string of the molecule is CNC(=O)c1ccc(CNC2CCN(S(=O)(=O)c3ccc(C)cc3)CC2)cc1. The van der Waals surface area contributed by atoms with Gasteiger partial charge in [0.1, 0.15) is 0 Å². The number of aryl methyl sites for hydroxylation is 1. The summed E-state index contributed by atoms with van der Waals surface area (Å²) in [5.74, 6) is -0.0957. The largest absolute Gasteiger partial charge is 0.355 e. The number of rotatable bonds is 6. The molecule has 1 aliphatic heterocycles. The molecule has 150 valence electrons. The van der Waals surface area contributed by atoms with E-state index in [1.165, 1.54) is 0 Å². The molecule has 1 heterocycles. The van der Waals surface area contributed by atoms with Gasteiger partial charge in [-0.15, -0.1) is 0 Å². The monoisotopic (exact) mass is 401 g/mol. The van der Waals surface area contributed by atoms with Crippen LogP contribution in [0.25, 0.3) is 0 Å². The van der Waals surface area contributed by atoms with Gasteiger partial charge in [0.25, 0.3) is 5.91 Å². The molecule has 2 aromatic rings. The smallest absolute Gasteiger partial charge is 0.251 e. The molecule has 28 heavy (non-hydrogen) atoms. The van der Waals surface area contributed by atoms with Gasteiger partial charge in [0.15, 0.2) is 0 Å². The first kappa shape index (κ1) is 20.5. The minimum Gasteiger partial charge on any atom is -0.355 e. The van der Waals surface area contributed by atoms with Crippen LogP contribution in [0.4, 0.5) is 0 Å². The summed E-state index contributed by atoms with van der Waals surface area (Å²) in [5.41, 5.74) is 2.79. The first-order valence-corrected chi connectivity index (χ1v) is 11.0. The van der Waals surface area contributed by atoms with Crippen molar-refractivity contribution >= 4 is 15.9 Å². The molecule has 1 aliphatic rings. The molecular formula is C21H27N3O3S. The van der Waals surface area contributed by atoms with Crippen LogP contribution in [0.3, 0.4) is 0 Å². The Morgan fingerprint density at radius 3 is 2.21 bits per heavy atom. The third kappa shape index (κ3) is 4.79. The summed E-state index contributed by atoms with van der Waals surface area (Å²) in [7, 11) is -1.80. The second-order valence-electron chi connectivity index (χ2n) is 7.15. The summed E-state index contributed by atoms with van der Waals surface area (Å²) >= 11 is 0. The van der Waals surface area contributed by atoms with E-state index in [1.54, 1.807) is 23.5 Å². The Balaban J connectivity index is 1.51. The van der Waals surface area contributed by atoms with Crippen LogP contribution in [0.15, 0.2) is 53.4 Å². The molecule has 0 aromatic heterocycles. The van der Waals surface area contributed by atoms with Gasteiger partial charge in [0.05, 0.1) is 4.90 Å². The summed E-state index contributed by atoms with van der Waals surface area (Å²) < 4.78 is 27.1. The molecule has 2 N–H and O–H groups in total. The van der Waals surface area contributed by atoms with E-state index in [-0.39, 0.29) is 11.9 Å². The number of piperidine rings is 1. The van der Waals surface area contributed by atoms with Gasteiger partial charge in [-0.25, -0.2) is 8.42 Å². The molecule has 0 atom stereocenters. The number of nitrogens with one attached hydrogen (secondary N) is 2. The number of carbonyl (C=O) groups excluding carboxylic acids is 1. The first-order valence-electron chi connectivity index (χ1n) is 9.51. The van der Waals surface area contributed by atoms with Crippen LogP contribution in [0.2, 0.25) is 0 Å². The third-order valence-electron chi connectivity index (χ3n) is 5.15. The fraction of sp³-hybridized carbons (Fsp3) is 0.381. The van der Waals surface area contributed by atoms with E-state index in [0.29, 0.717) is 30.1 Å². The van der Waals surface area contributed by atoms with Gasteiger partial charge in [0.2, 0.25) is 10.0 Å². The average Bonchev–Trinajstić information content (AvgIpc) is 2.72. The standard InChI is InChI=1S/C21H27N3O3S/c1-16-3-9-20(10-4-16)28(26,27)24-13-11-19(12-14-24)23-15-17-5-7-18(8-6-17)21(25)22-2/h3-10,19,23H,11-15H2,1-2H3,(H,22,25). The molecular weight excluding hydrogens is 374 g/mol. The van der Waals surface area contributed by atoms with Gasteiger partial charge in [-0.1, -0.05) is 29.8 Å². The van der Waals surface area contributed by atoms with Crippen molar-refractivity contribution in [3.8, 4) is 0 Å². The van der Waals surface area contributed by atoms with E-state index in [4.69, 9.17) is 0 Å². The van der Waals surface area contributed by atoms with E-state index in [9.17, 15) is 13.2 Å². The Morgan fingerprint density at radius 2 is 1.64 bits per heavy atom. The van der Waals surface area contributed by atoms with Crippen molar-refractivity contribution in [2.45, 2.75) is 37.2 Å². The maximum Gasteiger partial charge on any atom is 0.251 e. The lowest BCUT2D eigenvalue weighted by molar-refractivity contribution is 0.0963. The summed E-state index contributed by atoms with van der Waals surface area (Å²) in [6, 6.07) is 14.8. The van der Waals surface area contributed by atoms with Gasteiger partial charge in [0, 0.05) is 38.3 Å². The Bertz CT molecular complexity index is 901. The highest BCUT2D eigenvalue weighted by molar-refractivity contribution is 7.89. The highest BCUT2D eigenvalue weighted by atomic mass is 32.2. The summed E-state index contributed by atoms with van der Waals surface area (Å²) in [6.07, 6.45) is 1.56. The third-order valence-corrected chi connectivity index (χ3v) is 7.06. The minimum atomic E-state index is -3.42. The second-order valence-corrected chi connectivity index (χ2v) is 9.09. The molecule has 1 fully saturated rings. The van der Waals surface area contributed by atoms with Gasteiger partial charge in [-0.3, -0.25) is 4.79 Å². The summed E-state index contributed by atoms with van der Waals surface area (Å²) in [5, 5.41) is 6.10. The van der Waals surface area contributed by atoms with Crippen LogP contribution < -0.4 is 10.6 Å². The molecule has 1 saturated heterocycles. The van der Waals surface area contributed by atoms with Crippen LogP contribution in [-0.4, -0.2) is 44.8 Å². The fourth-order valence-corrected chi connectivity index (χ4v) is 4.81. The topological polar surface area (TPSA) is 78.5 Å². The lowest BCUT2D eigenvalue weighted by Crippen LogP contribution is -2.44. The predicted octanol–water partition coefficient (Wildman–Crippen LogP) is 2.30. The maximum atomic E-state index is 12.8. The number of benzene rings is 2. The van der Waals surface area contributed by atoms with E-state index in [2.05, 4.69) is 10.6 Å². The van der Waals surface area contributed by atoms with Gasteiger partial charge >= 0.3 is 0 Å². The molecule has 0 bridgehead atoms. The molecule has 0 saturated carbocycles. The summed E-state index contributed by atoms with van der Waals surface area (Å²) in [6.45, 7) is 3.68. The Morgan fingerprint density at radius 1 is 1.04 bits per heavy atom. The number of sulfonamides is 1. The summed E-state index contributed by atoms with van der Waals surface area (Å²) in [4.78, 5) is 11.9. The predicted molar refractivity (Wildman–Crippen MR) is 110 cm³/mol. The van der Waals surface area contributed by atoms with Crippen LogP contribution in [0, 0.1) is 6.92 Å². The zero-order valence-electron chi connectivity index (χ0n) is 16.3. The van der Waals surface area contributed by atoms with Crippen molar-refractivity contribution < 1.29 is 13.2 Å². The molecule has 3 rings (SSSR count). The van der Waals surface area contributed by atoms with E-state index in [0.717, 1.165) is 24.0 Å². The Hall–Kier alpha value is -2.22. The Labute approximate surface area is 167 Å². The number of nitrogens with zero attached hydrogens (tertiary/aromatic N) is 1. The number of amides is 1. The fourth-order valence-electron chi connectivity index (χ4n) is 3.34. The van der Waals surface area contributed by atoms with Crippen molar-refractivity contribution in [2.75, 3.05) is 20.1 Å². The highest BCUT2D eigenvalue weighted by Crippen LogP contribution is 2.21. The van der Waals surface area contributed by atoms with Crippen molar-refractivity contribution in [3.05, 3.63) is 65.2 Å². The number of hydrogen-bond acceptors (Lipinski definition) is 4. The van der Waals surface area contributed by atoms with E-state index in [1.807, 2.05) is 43.3 Å². The minimum absolute atomic E-state index is 0.0957.